The summed E-state index contributed by atoms with van der Waals surface area (Å²) in [4.78, 5) is 37.8. The predicted molar refractivity (Wildman–Crippen MR) is 77.8 cm³/mol. The van der Waals surface area contributed by atoms with Gasteiger partial charge in [0.15, 0.2) is 0 Å². The summed E-state index contributed by atoms with van der Waals surface area (Å²) >= 11 is 0. The minimum Gasteiger partial charge on any atom is -0.324 e. The summed E-state index contributed by atoms with van der Waals surface area (Å²) in [5.41, 5.74) is -0.286. The summed E-state index contributed by atoms with van der Waals surface area (Å²) < 4.78 is 14.6. The van der Waals surface area contributed by atoms with E-state index in [2.05, 4.69) is 15.6 Å². The lowest BCUT2D eigenvalue weighted by atomic mass is 10.2. The highest BCUT2D eigenvalue weighted by Crippen LogP contribution is 2.19. The molecule has 0 aliphatic rings. The van der Waals surface area contributed by atoms with Gasteiger partial charge < -0.3 is 10.6 Å². The topological polar surface area (TPSA) is 93.1 Å². The smallest absolute Gasteiger partial charge is 0.324 e. The molecule has 0 saturated carbocycles. The highest BCUT2D eigenvalue weighted by atomic mass is 19.1. The molecule has 0 bridgehead atoms. The van der Waals surface area contributed by atoms with E-state index in [1.807, 2.05) is 0 Å². The van der Waals surface area contributed by atoms with E-state index in [1.54, 1.807) is 0 Å². The second-order valence-corrected chi connectivity index (χ2v) is 4.45. The third-order valence-electron chi connectivity index (χ3n) is 2.66. The van der Waals surface area contributed by atoms with Gasteiger partial charge in [-0.1, -0.05) is 0 Å². The van der Waals surface area contributed by atoms with Gasteiger partial charge in [-0.25, -0.2) is 14.2 Å². The average Bonchev–Trinajstić information content (AvgIpc) is 2.44. The SMILES string of the molecule is CC(=O)Nc1cc(NC(=O)Cn2cccnc2=O)ccc1F. The maximum Gasteiger partial charge on any atom is 0.347 e. The molecule has 0 radical (unpaired) electrons. The molecule has 0 atom stereocenters. The van der Waals surface area contributed by atoms with Gasteiger partial charge in [-0.3, -0.25) is 14.2 Å². The Morgan fingerprint density at radius 2 is 2.09 bits per heavy atom. The lowest BCUT2D eigenvalue weighted by molar-refractivity contribution is -0.117. The molecule has 0 unspecified atom stereocenters. The second-order valence-electron chi connectivity index (χ2n) is 4.45. The number of aromatic nitrogens is 2. The van der Waals surface area contributed by atoms with Crippen molar-refractivity contribution in [2.45, 2.75) is 13.5 Å². The Kier molecular flexibility index (Phi) is 4.62. The molecule has 2 N–H and O–H groups in total. The van der Waals surface area contributed by atoms with E-state index in [0.717, 1.165) is 10.6 Å². The minimum absolute atomic E-state index is 0.0381. The minimum atomic E-state index is -0.614. The molecule has 0 saturated heterocycles. The van der Waals surface area contributed by atoms with Crippen molar-refractivity contribution >= 4 is 23.2 Å². The van der Waals surface area contributed by atoms with E-state index in [-0.39, 0.29) is 12.2 Å². The lowest BCUT2D eigenvalue weighted by Crippen LogP contribution is -2.28. The summed E-state index contributed by atoms with van der Waals surface area (Å²) in [7, 11) is 0. The quantitative estimate of drug-likeness (QED) is 0.880. The Morgan fingerprint density at radius 1 is 1.32 bits per heavy atom. The maximum absolute atomic E-state index is 13.5. The molecular formula is C14H13FN4O3. The second kappa shape index (κ2) is 6.61. The van der Waals surface area contributed by atoms with Gasteiger partial charge >= 0.3 is 5.69 Å². The van der Waals surface area contributed by atoms with Crippen LogP contribution < -0.4 is 16.3 Å². The van der Waals surface area contributed by atoms with Crippen LogP contribution in [0.5, 0.6) is 0 Å². The summed E-state index contributed by atoms with van der Waals surface area (Å²) in [5, 5.41) is 4.83. The molecule has 2 rings (SSSR count). The van der Waals surface area contributed by atoms with Crippen molar-refractivity contribution in [3.63, 3.8) is 0 Å². The van der Waals surface area contributed by atoms with E-state index in [9.17, 15) is 18.8 Å². The fourth-order valence-corrected chi connectivity index (χ4v) is 1.75. The number of hydrogen-bond acceptors (Lipinski definition) is 4. The van der Waals surface area contributed by atoms with E-state index >= 15 is 0 Å². The Morgan fingerprint density at radius 3 is 2.77 bits per heavy atom. The van der Waals surface area contributed by atoms with Gasteiger partial charge in [-0.2, -0.15) is 0 Å². The van der Waals surface area contributed by atoms with E-state index in [0.29, 0.717) is 5.69 Å². The molecule has 22 heavy (non-hydrogen) atoms. The van der Waals surface area contributed by atoms with Crippen LogP contribution in [0.3, 0.4) is 0 Å². The number of halogens is 1. The van der Waals surface area contributed by atoms with Gasteiger partial charge in [-0.15, -0.1) is 0 Å². The zero-order valence-electron chi connectivity index (χ0n) is 11.7. The third-order valence-corrected chi connectivity index (χ3v) is 2.66. The van der Waals surface area contributed by atoms with Crippen LogP contribution in [0.1, 0.15) is 6.92 Å². The summed E-state index contributed by atoms with van der Waals surface area (Å²) in [5.74, 6) is -1.52. The third kappa shape index (κ3) is 3.98. The first-order chi connectivity index (χ1) is 10.5. The summed E-state index contributed by atoms with van der Waals surface area (Å²) in [6, 6.07) is 5.30. The molecule has 7 nitrogen and oxygen atoms in total. The number of benzene rings is 1. The molecule has 2 amide bonds. The molecular weight excluding hydrogens is 291 g/mol. The standard InChI is InChI=1S/C14H13FN4O3/c1-9(20)17-12-7-10(3-4-11(12)15)18-13(21)8-19-6-2-5-16-14(19)22/h2-7H,8H2,1H3,(H,17,20)(H,18,21). The number of amides is 2. The number of carbonyl (C=O) groups excluding carboxylic acids is 2. The van der Waals surface area contributed by atoms with Crippen molar-refractivity contribution in [3.8, 4) is 0 Å². The first kappa shape index (κ1) is 15.4. The fourth-order valence-electron chi connectivity index (χ4n) is 1.75. The Labute approximate surface area is 124 Å². The van der Waals surface area contributed by atoms with Gasteiger partial charge in [0, 0.05) is 25.0 Å². The van der Waals surface area contributed by atoms with Crippen LogP contribution in [-0.4, -0.2) is 21.4 Å². The number of nitrogens with one attached hydrogen (secondary N) is 2. The molecule has 0 spiro atoms. The molecule has 0 aliphatic carbocycles. The van der Waals surface area contributed by atoms with Crippen molar-refractivity contribution in [3.05, 3.63) is 53.0 Å². The zero-order valence-corrected chi connectivity index (χ0v) is 11.7. The van der Waals surface area contributed by atoms with Crippen molar-refractivity contribution in [2.75, 3.05) is 10.6 Å². The molecule has 1 aromatic carbocycles. The molecule has 0 fully saturated rings. The zero-order chi connectivity index (χ0) is 16.1. The number of nitrogens with zero attached hydrogens (tertiary/aromatic N) is 2. The highest BCUT2D eigenvalue weighted by molar-refractivity contribution is 5.93. The van der Waals surface area contributed by atoms with Crippen LogP contribution in [0.15, 0.2) is 41.5 Å². The summed E-state index contributed by atoms with van der Waals surface area (Å²) in [6.45, 7) is 1.03. The molecule has 1 heterocycles. The monoisotopic (exact) mass is 304 g/mol. The lowest BCUT2D eigenvalue weighted by Gasteiger charge is -2.09. The van der Waals surface area contributed by atoms with Crippen LogP contribution >= 0.6 is 0 Å². The van der Waals surface area contributed by atoms with Gasteiger partial charge in [0.25, 0.3) is 0 Å². The largest absolute Gasteiger partial charge is 0.347 e. The van der Waals surface area contributed by atoms with Gasteiger partial charge in [0.05, 0.1) is 5.69 Å². The number of rotatable bonds is 4. The Balaban J connectivity index is 2.10. The number of hydrogen-bond donors (Lipinski definition) is 2. The molecule has 2 aromatic rings. The molecule has 8 heteroatoms. The molecule has 114 valence electrons. The van der Waals surface area contributed by atoms with E-state index in [4.69, 9.17) is 0 Å². The van der Waals surface area contributed by atoms with E-state index < -0.39 is 23.3 Å². The van der Waals surface area contributed by atoms with Gasteiger partial charge in [0.1, 0.15) is 12.4 Å². The van der Waals surface area contributed by atoms with Gasteiger partial charge in [0.2, 0.25) is 11.8 Å². The van der Waals surface area contributed by atoms with Crippen LogP contribution in [-0.2, 0) is 16.1 Å². The average molecular weight is 304 g/mol. The molecule has 0 aliphatic heterocycles. The Bertz CT molecular complexity index is 773. The van der Waals surface area contributed by atoms with Crippen LogP contribution in [0.2, 0.25) is 0 Å². The normalized spacial score (nSPS) is 10.1. The van der Waals surface area contributed by atoms with Crippen LogP contribution in [0, 0.1) is 5.82 Å². The predicted octanol–water partition coefficient (Wildman–Crippen LogP) is 0.979. The van der Waals surface area contributed by atoms with Crippen molar-refractivity contribution in [1.29, 1.82) is 0 Å². The fraction of sp³-hybridized carbons (Fsp3) is 0.143. The summed E-state index contributed by atoms with van der Waals surface area (Å²) in [6.07, 6.45) is 2.76. The van der Waals surface area contributed by atoms with Crippen molar-refractivity contribution < 1.29 is 14.0 Å². The first-order valence-electron chi connectivity index (χ1n) is 6.34. The molecule has 1 aromatic heterocycles. The number of anilines is 2. The first-order valence-corrected chi connectivity index (χ1v) is 6.34. The van der Waals surface area contributed by atoms with Crippen molar-refractivity contribution in [2.24, 2.45) is 0 Å². The Hall–Kier alpha value is -3.03. The van der Waals surface area contributed by atoms with Crippen LogP contribution in [0.25, 0.3) is 0 Å². The van der Waals surface area contributed by atoms with Crippen molar-refractivity contribution in [1.82, 2.24) is 9.55 Å². The van der Waals surface area contributed by atoms with Gasteiger partial charge in [-0.05, 0) is 24.3 Å². The number of carbonyl (C=O) groups is 2. The maximum atomic E-state index is 13.5. The van der Waals surface area contributed by atoms with Crippen LogP contribution in [0.4, 0.5) is 15.8 Å². The highest BCUT2D eigenvalue weighted by Gasteiger charge is 2.09. The van der Waals surface area contributed by atoms with E-state index in [1.165, 1.54) is 37.5 Å².